The van der Waals surface area contributed by atoms with Crippen LogP contribution in [0.5, 0.6) is 0 Å². The molecule has 4 heteroatoms. The first-order valence-electron chi connectivity index (χ1n) is 7.61. The first-order valence-corrected chi connectivity index (χ1v) is 8.14. The van der Waals surface area contributed by atoms with Crippen LogP contribution in [0.4, 0.5) is 11.4 Å². The average molecular weight is 315 g/mol. The van der Waals surface area contributed by atoms with Gasteiger partial charge < -0.3 is 0 Å². The molecule has 0 radical (unpaired) electrons. The molecule has 0 fully saturated rings. The van der Waals surface area contributed by atoms with Gasteiger partial charge in [-0.1, -0.05) is 36.4 Å². The highest BCUT2D eigenvalue weighted by molar-refractivity contribution is 6.17. The van der Waals surface area contributed by atoms with Gasteiger partial charge in [-0.2, -0.15) is 0 Å². The minimum atomic E-state index is -0.00726. The number of carbonyl (C=O) groups is 1. The molecule has 1 aliphatic heterocycles. The third-order valence-corrected chi connectivity index (χ3v) is 4.17. The van der Waals surface area contributed by atoms with Crippen molar-refractivity contribution in [2.75, 3.05) is 10.9 Å². The number of benzene rings is 2. The third-order valence-electron chi connectivity index (χ3n) is 3.90. The zero-order valence-electron chi connectivity index (χ0n) is 12.4. The molecule has 2 aromatic carbocycles. The molecule has 22 heavy (non-hydrogen) atoms. The maximum absolute atomic E-state index is 12.2. The summed E-state index contributed by atoms with van der Waals surface area (Å²) in [6, 6.07) is 16.5. The van der Waals surface area contributed by atoms with Crippen molar-refractivity contribution in [3.8, 4) is 0 Å². The van der Waals surface area contributed by atoms with Crippen molar-refractivity contribution in [2.45, 2.75) is 25.7 Å². The Kier molecular flexibility index (Phi) is 4.64. The molecule has 0 aliphatic carbocycles. The lowest BCUT2D eigenvalue weighted by Crippen LogP contribution is -2.39. The lowest BCUT2D eigenvalue weighted by atomic mass is 10.0. The molecule has 0 saturated carbocycles. The molecule has 3 rings (SSSR count). The number of alkyl halides is 1. The summed E-state index contributed by atoms with van der Waals surface area (Å²) in [6.07, 6.45) is 3.07. The number of hydrazine groups is 1. The van der Waals surface area contributed by atoms with E-state index in [1.165, 1.54) is 11.1 Å². The fourth-order valence-corrected chi connectivity index (χ4v) is 2.94. The van der Waals surface area contributed by atoms with Crippen LogP contribution in [0.15, 0.2) is 48.5 Å². The number of nitrogens with zero attached hydrogens (tertiary/aromatic N) is 1. The molecule has 0 bridgehead atoms. The molecule has 0 spiro atoms. The highest BCUT2D eigenvalue weighted by Gasteiger charge is 2.21. The Hall–Kier alpha value is -2.00. The largest absolute Gasteiger partial charge is 0.273 e. The topological polar surface area (TPSA) is 32.3 Å². The molecule has 1 amide bonds. The fourth-order valence-electron chi connectivity index (χ4n) is 2.81. The van der Waals surface area contributed by atoms with E-state index in [0.29, 0.717) is 18.7 Å². The number of nitrogens with one attached hydrogen (secondary N) is 1. The maximum atomic E-state index is 12.2. The van der Waals surface area contributed by atoms with E-state index in [2.05, 4.69) is 29.7 Å². The van der Waals surface area contributed by atoms with E-state index >= 15 is 0 Å². The number of fused-ring (bicyclic) bond motifs is 2. The molecule has 0 unspecified atom stereocenters. The highest BCUT2D eigenvalue weighted by atomic mass is 35.5. The summed E-state index contributed by atoms with van der Waals surface area (Å²) in [5.41, 5.74) is 7.63. The van der Waals surface area contributed by atoms with Gasteiger partial charge in [-0.05, 0) is 42.5 Å². The van der Waals surface area contributed by atoms with Crippen molar-refractivity contribution >= 4 is 28.9 Å². The van der Waals surface area contributed by atoms with Crippen molar-refractivity contribution in [3.05, 3.63) is 59.7 Å². The lowest BCUT2D eigenvalue weighted by Gasteiger charge is -2.27. The minimum absolute atomic E-state index is 0.00726. The van der Waals surface area contributed by atoms with Crippen LogP contribution in [-0.4, -0.2) is 11.8 Å². The Balaban J connectivity index is 1.97. The van der Waals surface area contributed by atoms with Crippen LogP contribution in [-0.2, 0) is 17.6 Å². The molecule has 1 aliphatic rings. The average Bonchev–Trinajstić information content (AvgIpc) is 2.71. The summed E-state index contributed by atoms with van der Waals surface area (Å²) in [6.45, 7) is 0. The number of rotatable bonds is 4. The SMILES string of the molecule is O=C(CCCCl)NN1c2ccccc2CCc2ccccc21. The Morgan fingerprint density at radius 3 is 2.09 bits per heavy atom. The molecule has 0 aromatic heterocycles. The van der Waals surface area contributed by atoms with Crippen molar-refractivity contribution in [2.24, 2.45) is 0 Å². The van der Waals surface area contributed by atoms with E-state index in [-0.39, 0.29) is 5.91 Å². The van der Waals surface area contributed by atoms with E-state index in [0.717, 1.165) is 24.2 Å². The molecule has 1 N–H and O–H groups in total. The Morgan fingerprint density at radius 1 is 1.00 bits per heavy atom. The van der Waals surface area contributed by atoms with Crippen molar-refractivity contribution in [1.82, 2.24) is 5.43 Å². The molecular formula is C18H19ClN2O. The minimum Gasteiger partial charge on any atom is -0.273 e. The number of carbonyl (C=O) groups excluding carboxylic acids is 1. The van der Waals surface area contributed by atoms with Gasteiger partial charge in [0.1, 0.15) is 0 Å². The van der Waals surface area contributed by atoms with Crippen LogP contribution < -0.4 is 10.4 Å². The van der Waals surface area contributed by atoms with Crippen LogP contribution in [0, 0.1) is 0 Å². The summed E-state index contributed by atoms with van der Waals surface area (Å²) in [7, 11) is 0. The molecular weight excluding hydrogens is 296 g/mol. The number of amides is 1. The number of para-hydroxylation sites is 2. The van der Waals surface area contributed by atoms with Crippen molar-refractivity contribution in [3.63, 3.8) is 0 Å². The fraction of sp³-hybridized carbons (Fsp3) is 0.278. The summed E-state index contributed by atoms with van der Waals surface area (Å²) in [4.78, 5) is 12.2. The van der Waals surface area contributed by atoms with Gasteiger partial charge in [0.25, 0.3) is 0 Å². The number of hydrogen-bond donors (Lipinski definition) is 1. The van der Waals surface area contributed by atoms with Gasteiger partial charge in [-0.15, -0.1) is 11.6 Å². The predicted molar refractivity (Wildman–Crippen MR) is 90.5 cm³/mol. The second-order valence-corrected chi connectivity index (χ2v) is 5.80. The van der Waals surface area contributed by atoms with Gasteiger partial charge in [0.2, 0.25) is 5.91 Å². The second-order valence-electron chi connectivity index (χ2n) is 5.42. The first-order chi connectivity index (χ1) is 10.8. The number of hydrogen-bond acceptors (Lipinski definition) is 2. The first kappa shape index (κ1) is 14.9. The quantitative estimate of drug-likeness (QED) is 0.866. The normalized spacial score (nSPS) is 13.0. The molecule has 3 nitrogen and oxygen atoms in total. The summed E-state index contributed by atoms with van der Waals surface area (Å²) in [5.74, 6) is 0.493. The van der Waals surface area contributed by atoms with E-state index in [9.17, 15) is 4.79 Å². The lowest BCUT2D eigenvalue weighted by molar-refractivity contribution is -0.121. The predicted octanol–water partition coefficient (Wildman–Crippen LogP) is 3.97. The van der Waals surface area contributed by atoms with E-state index in [1.54, 1.807) is 0 Å². The summed E-state index contributed by atoms with van der Waals surface area (Å²) >= 11 is 5.68. The summed E-state index contributed by atoms with van der Waals surface area (Å²) < 4.78 is 0. The number of anilines is 2. The summed E-state index contributed by atoms with van der Waals surface area (Å²) in [5, 5.41) is 1.92. The standard InChI is InChI=1S/C18H19ClN2O/c19-13-5-10-18(22)20-21-16-8-3-1-6-14(16)11-12-15-7-2-4-9-17(15)21/h1-4,6-9H,5,10-13H2,(H,20,22). The molecule has 0 saturated heterocycles. The Bertz CT molecular complexity index is 624. The van der Waals surface area contributed by atoms with Crippen LogP contribution >= 0.6 is 11.6 Å². The van der Waals surface area contributed by atoms with Crippen molar-refractivity contribution in [1.29, 1.82) is 0 Å². The molecule has 114 valence electrons. The van der Waals surface area contributed by atoms with Gasteiger partial charge in [0.15, 0.2) is 0 Å². The Labute approximate surface area is 135 Å². The van der Waals surface area contributed by atoms with Gasteiger partial charge in [0.05, 0.1) is 11.4 Å². The number of aryl methyl sites for hydroxylation is 2. The van der Waals surface area contributed by atoms with Gasteiger partial charge in [0, 0.05) is 12.3 Å². The van der Waals surface area contributed by atoms with Gasteiger partial charge in [-0.3, -0.25) is 15.2 Å². The van der Waals surface area contributed by atoms with Crippen LogP contribution in [0.1, 0.15) is 24.0 Å². The maximum Gasteiger partial charge on any atom is 0.238 e. The second kappa shape index (κ2) is 6.84. The van der Waals surface area contributed by atoms with Crippen molar-refractivity contribution < 1.29 is 4.79 Å². The number of halogens is 1. The Morgan fingerprint density at radius 2 is 1.55 bits per heavy atom. The van der Waals surface area contributed by atoms with Crippen LogP contribution in [0.25, 0.3) is 0 Å². The van der Waals surface area contributed by atoms with Crippen LogP contribution in [0.2, 0.25) is 0 Å². The van der Waals surface area contributed by atoms with E-state index < -0.39 is 0 Å². The van der Waals surface area contributed by atoms with E-state index in [1.807, 2.05) is 29.3 Å². The molecule has 1 heterocycles. The van der Waals surface area contributed by atoms with E-state index in [4.69, 9.17) is 11.6 Å². The zero-order valence-corrected chi connectivity index (χ0v) is 13.1. The third kappa shape index (κ3) is 3.09. The van der Waals surface area contributed by atoms with Gasteiger partial charge in [-0.25, -0.2) is 0 Å². The highest BCUT2D eigenvalue weighted by Crippen LogP contribution is 2.34. The monoisotopic (exact) mass is 314 g/mol. The van der Waals surface area contributed by atoms with Gasteiger partial charge >= 0.3 is 0 Å². The molecule has 0 atom stereocenters. The molecule has 2 aromatic rings. The van der Waals surface area contributed by atoms with Crippen LogP contribution in [0.3, 0.4) is 0 Å². The smallest absolute Gasteiger partial charge is 0.238 e. The zero-order chi connectivity index (χ0) is 15.4.